The summed E-state index contributed by atoms with van der Waals surface area (Å²) in [5.74, 6) is 16.3. The van der Waals surface area contributed by atoms with Crippen molar-refractivity contribution in [1.82, 2.24) is 0 Å². The lowest BCUT2D eigenvalue weighted by Gasteiger charge is -2.22. The zero-order chi connectivity index (χ0) is 80.6. The Labute approximate surface area is 668 Å². The summed E-state index contributed by atoms with van der Waals surface area (Å²) in [6, 6.07) is 17.6. The summed E-state index contributed by atoms with van der Waals surface area (Å²) in [4.78, 5) is 44.6. The molecule has 0 radical (unpaired) electrons. The molecule has 2 bridgehead atoms. The molecule has 7 saturated carbocycles. The highest BCUT2D eigenvalue weighted by atomic mass is 16.1. The molecule has 0 heterocycles. The van der Waals surface area contributed by atoms with Gasteiger partial charge in [-0.1, -0.05) is 366 Å². The maximum Gasteiger partial charge on any atom is 0.138 e. The second-order valence-corrected chi connectivity index (χ2v) is 39.5. The third kappa shape index (κ3) is 49.0. The number of allylic oxidation sites excluding steroid dienone is 2. The van der Waals surface area contributed by atoms with Crippen LogP contribution in [-0.2, 0) is 38.4 Å². The number of benzene rings is 2. The van der Waals surface area contributed by atoms with Crippen LogP contribution in [0, 0.1) is 118 Å². The molecule has 3 atom stereocenters. The van der Waals surface area contributed by atoms with Crippen molar-refractivity contribution in [2.75, 3.05) is 0 Å². The van der Waals surface area contributed by atoms with Gasteiger partial charge in [-0.15, -0.1) is 0 Å². The molecule has 2 aromatic carbocycles. The van der Waals surface area contributed by atoms with Gasteiger partial charge < -0.3 is 0 Å². The largest absolute Gasteiger partial charge is 0.300 e. The van der Waals surface area contributed by atoms with Crippen LogP contribution in [0.15, 0.2) is 66.3 Å². The Bertz CT molecular complexity index is 2450. The van der Waals surface area contributed by atoms with E-state index in [9.17, 15) is 19.2 Å². The Morgan fingerprint density at radius 3 is 0.944 bits per heavy atom. The lowest BCUT2D eigenvalue weighted by molar-refractivity contribution is -0.127. The number of carbonyl (C=O) groups excluding carboxylic acids is 4. The average molecular weight is 1480 g/mol. The van der Waals surface area contributed by atoms with E-state index in [4.69, 9.17) is 0 Å². The van der Waals surface area contributed by atoms with Gasteiger partial charge >= 0.3 is 0 Å². The van der Waals surface area contributed by atoms with Crippen molar-refractivity contribution in [3.63, 3.8) is 0 Å². The normalized spacial score (nSPS) is 20.1. The van der Waals surface area contributed by atoms with Crippen molar-refractivity contribution in [1.29, 1.82) is 0 Å². The van der Waals surface area contributed by atoms with E-state index in [1.54, 1.807) is 49.3 Å². The molecule has 11 rings (SSSR count). The van der Waals surface area contributed by atoms with Gasteiger partial charge in [-0.25, -0.2) is 0 Å². The van der Waals surface area contributed by atoms with Gasteiger partial charge in [0.25, 0.3) is 0 Å². The van der Waals surface area contributed by atoms with E-state index in [-0.39, 0.29) is 29.5 Å². The van der Waals surface area contributed by atoms with Crippen molar-refractivity contribution < 1.29 is 19.2 Å². The lowest BCUT2D eigenvalue weighted by Crippen LogP contribution is -2.21. The van der Waals surface area contributed by atoms with Crippen molar-refractivity contribution in [2.24, 2.45) is 118 Å². The molecule has 3 unspecified atom stereocenters. The van der Waals surface area contributed by atoms with Gasteiger partial charge in [0.2, 0.25) is 0 Å². The molecule has 0 amide bonds. The Hall–Kier alpha value is -3.40. The van der Waals surface area contributed by atoms with Gasteiger partial charge in [0.05, 0.1) is 0 Å². The van der Waals surface area contributed by atoms with Crippen LogP contribution in [0.5, 0.6) is 0 Å². The summed E-state index contributed by atoms with van der Waals surface area (Å²) in [5, 5.41) is 0. The third-order valence-corrected chi connectivity index (χ3v) is 24.5. The molecular formula is C103H182O4. The summed E-state index contributed by atoms with van der Waals surface area (Å²) in [6.45, 7) is 57.5. The monoisotopic (exact) mass is 1480 g/mol. The Morgan fingerprint density at radius 1 is 0.364 bits per heavy atom. The van der Waals surface area contributed by atoms with E-state index in [2.05, 4.69) is 165 Å². The molecule has 618 valence electrons. The predicted molar refractivity (Wildman–Crippen MR) is 474 cm³/mol. The van der Waals surface area contributed by atoms with Crippen LogP contribution in [0.25, 0.3) is 6.08 Å². The molecule has 0 aliphatic heterocycles. The van der Waals surface area contributed by atoms with E-state index in [0.29, 0.717) is 41.0 Å². The third-order valence-electron chi connectivity index (χ3n) is 24.5. The smallest absolute Gasteiger partial charge is 0.138 e. The number of rotatable bonds is 19. The lowest BCUT2D eigenvalue weighted by atomic mass is 9.83. The maximum atomic E-state index is 11.5. The molecule has 0 N–H and O–H groups in total. The van der Waals surface area contributed by atoms with Crippen molar-refractivity contribution in [2.45, 2.75) is 417 Å². The summed E-state index contributed by atoms with van der Waals surface area (Å²) < 4.78 is 0. The van der Waals surface area contributed by atoms with Crippen molar-refractivity contribution in [3.8, 4) is 0 Å². The highest BCUT2D eigenvalue weighted by Crippen LogP contribution is 2.50. The quantitative estimate of drug-likeness (QED) is 0.131. The fourth-order valence-corrected chi connectivity index (χ4v) is 17.5. The number of fused-ring (bicyclic) bond motifs is 4. The van der Waals surface area contributed by atoms with Crippen molar-refractivity contribution in [3.05, 3.63) is 88.5 Å². The summed E-state index contributed by atoms with van der Waals surface area (Å²) >= 11 is 0. The Balaban J connectivity index is 0.000000594. The van der Waals surface area contributed by atoms with Crippen LogP contribution in [0.2, 0.25) is 0 Å². The zero-order valence-electron chi connectivity index (χ0n) is 76.0. The number of ketones is 4. The van der Waals surface area contributed by atoms with E-state index < -0.39 is 0 Å². The van der Waals surface area contributed by atoms with Gasteiger partial charge in [0, 0.05) is 41.4 Å². The SMILES string of the molecule is C=C(C)C(C)C.CC(=O)C(C)C.CC(C)C(=O)C1CCCCC1.CC(C)C(=O)C1CCCCC1.CC(C)C(=O)C1CCCCC1.CC(C)CC1=Cc2ccccc2C1.CC(C)CC1CC2CCC1C2.CC(C)CC1CCCCC1.CC(C)CC1CCCCC1.CC(C)CC1Cc2ccccc2C1.CCC(C)C. The fraction of sp³-hybridized carbons (Fsp3) is 0.806. The van der Waals surface area contributed by atoms with Gasteiger partial charge in [0.1, 0.15) is 23.1 Å². The van der Waals surface area contributed by atoms with Crippen LogP contribution in [-0.4, -0.2) is 23.1 Å². The minimum Gasteiger partial charge on any atom is -0.300 e. The number of hydrogen-bond donors (Lipinski definition) is 0. The molecule has 4 heteroatoms. The molecule has 0 saturated heterocycles. The maximum absolute atomic E-state index is 11.5. The van der Waals surface area contributed by atoms with Crippen LogP contribution in [0.4, 0.5) is 0 Å². The minimum absolute atomic E-state index is 0.213. The average Bonchev–Trinajstić information content (AvgIpc) is 1.69. The molecule has 4 nitrogen and oxygen atoms in total. The van der Waals surface area contributed by atoms with E-state index in [1.807, 2.05) is 62.3 Å². The standard InChI is InChI=1S/C13H18.C13H16.C11H20.3C10H18O.2C10H20.C6H12.C5H10O.C5H12/c2*1-10(2)7-11-8-12-5-3-4-6-13(12)9-11;1-8(2)5-11-7-9-3-4-10(11)6-9;3*1-8(2)10(11)9-6-4-3-5-7-9;2*1-9(2)8-10-6-4-3-5-7-10;1-5(2)6(3)4;1-4(2)5(3)6;1-4-5(2)3/h3-6,10-11H,7-9H2,1-2H3;3-6,8,10H,7,9H2,1-2H3;8-11H,3-7H2,1-2H3;3*8-9H,3-7H2,1-2H3;2*9-10H,3-8H2,1-2H3;6H,1H2,2-4H3;4H,1-3H3;5H,4H2,1-3H3. The predicted octanol–water partition coefficient (Wildman–Crippen LogP) is 31.7. The summed E-state index contributed by atoms with van der Waals surface area (Å²) in [5.41, 5.74) is 8.96. The molecule has 9 aliphatic carbocycles. The molecule has 9 aliphatic rings. The van der Waals surface area contributed by atoms with Crippen LogP contribution >= 0.6 is 0 Å². The van der Waals surface area contributed by atoms with Gasteiger partial charge in [-0.3, -0.25) is 19.2 Å². The topological polar surface area (TPSA) is 68.3 Å². The molecule has 7 fully saturated rings. The molecule has 0 spiro atoms. The minimum atomic E-state index is 0.213. The Kier molecular flexibility index (Phi) is 56.3. The number of Topliss-reactive ketones (excluding diaryl/α,β-unsaturated/α-hetero) is 4. The van der Waals surface area contributed by atoms with Gasteiger partial charge in [-0.2, -0.15) is 0 Å². The first kappa shape index (κ1) is 102. The van der Waals surface area contributed by atoms with E-state index in [0.717, 1.165) is 110 Å². The first-order chi connectivity index (χ1) is 50.5. The number of carbonyl (C=O) groups is 4. The number of hydrogen-bond acceptors (Lipinski definition) is 4. The summed E-state index contributed by atoms with van der Waals surface area (Å²) in [6.07, 6.45) is 54.3. The second kappa shape index (κ2) is 59.3. The van der Waals surface area contributed by atoms with Crippen LogP contribution in [0.1, 0.15) is 420 Å². The molecular weight excluding hydrogens is 1300 g/mol. The first-order valence-corrected chi connectivity index (χ1v) is 46.2. The van der Waals surface area contributed by atoms with E-state index >= 15 is 0 Å². The van der Waals surface area contributed by atoms with Gasteiger partial charge in [-0.05, 0) is 222 Å². The van der Waals surface area contributed by atoms with E-state index in [1.165, 1.54) is 196 Å². The molecule has 107 heavy (non-hydrogen) atoms. The Morgan fingerprint density at radius 2 is 0.682 bits per heavy atom. The highest BCUT2D eigenvalue weighted by Gasteiger charge is 2.39. The van der Waals surface area contributed by atoms with Gasteiger partial charge in [0.15, 0.2) is 0 Å². The second-order valence-electron chi connectivity index (χ2n) is 39.5. The summed E-state index contributed by atoms with van der Waals surface area (Å²) in [7, 11) is 0. The van der Waals surface area contributed by atoms with Crippen molar-refractivity contribution >= 4 is 29.2 Å². The fourth-order valence-electron chi connectivity index (χ4n) is 17.5. The zero-order valence-corrected chi connectivity index (χ0v) is 76.0. The first-order valence-electron chi connectivity index (χ1n) is 46.2. The van der Waals surface area contributed by atoms with Crippen LogP contribution in [0.3, 0.4) is 0 Å². The molecule has 2 aromatic rings. The molecule has 0 aromatic heterocycles. The van der Waals surface area contributed by atoms with Crippen LogP contribution < -0.4 is 0 Å². The highest BCUT2D eigenvalue weighted by molar-refractivity contribution is 5.83.